The van der Waals surface area contributed by atoms with Crippen LogP contribution in [0, 0.1) is 5.92 Å². The summed E-state index contributed by atoms with van der Waals surface area (Å²) in [4.78, 5) is 0. The Labute approximate surface area is 109 Å². The largest absolute Gasteiger partial charge is 0.416 e. The van der Waals surface area contributed by atoms with Crippen molar-refractivity contribution < 1.29 is 18.4 Å². The minimum atomic E-state index is -4.37. The van der Waals surface area contributed by atoms with Gasteiger partial charge in [0.1, 0.15) is 5.84 Å². The molecule has 0 aromatic heterocycles. The maximum absolute atomic E-state index is 12.7. The molecule has 0 aliphatic carbocycles. The Morgan fingerprint density at radius 1 is 1.42 bits per heavy atom. The number of nitrogens with two attached hydrogens (primary N) is 1. The van der Waals surface area contributed by atoms with E-state index in [0.29, 0.717) is 6.54 Å². The smallest absolute Gasteiger partial charge is 0.409 e. The molecule has 0 saturated carbocycles. The standard InChI is InChI=1S/C12H16F3N3O/c1-8(11(16)18-19)6-17-7-9-4-2-3-5-10(9)12(13,14)15/h2-5,8,17,19H,6-7H2,1H3,(H2,16,18). The predicted molar refractivity (Wildman–Crippen MR) is 65.7 cm³/mol. The second-order valence-corrected chi connectivity index (χ2v) is 4.21. The maximum atomic E-state index is 12.7. The molecular formula is C12H16F3N3O. The second-order valence-electron chi connectivity index (χ2n) is 4.21. The highest BCUT2D eigenvalue weighted by atomic mass is 19.4. The Morgan fingerprint density at radius 3 is 2.63 bits per heavy atom. The van der Waals surface area contributed by atoms with Crippen LogP contribution in [0.1, 0.15) is 18.1 Å². The predicted octanol–water partition coefficient (Wildman–Crippen LogP) is 2.18. The molecule has 1 unspecified atom stereocenters. The summed E-state index contributed by atoms with van der Waals surface area (Å²) in [6.45, 7) is 2.10. The molecule has 7 heteroatoms. The molecule has 4 nitrogen and oxygen atoms in total. The lowest BCUT2D eigenvalue weighted by molar-refractivity contribution is -0.138. The fraction of sp³-hybridized carbons (Fsp3) is 0.417. The van der Waals surface area contributed by atoms with Gasteiger partial charge in [0.2, 0.25) is 0 Å². The molecule has 19 heavy (non-hydrogen) atoms. The molecule has 0 heterocycles. The van der Waals surface area contributed by atoms with Crippen LogP contribution in [0.2, 0.25) is 0 Å². The average molecular weight is 275 g/mol. The number of halogens is 3. The summed E-state index contributed by atoms with van der Waals surface area (Å²) >= 11 is 0. The van der Waals surface area contributed by atoms with Gasteiger partial charge in [-0.15, -0.1) is 0 Å². The van der Waals surface area contributed by atoms with E-state index in [0.717, 1.165) is 6.07 Å². The maximum Gasteiger partial charge on any atom is 0.416 e. The summed E-state index contributed by atoms with van der Waals surface area (Å²) in [5.41, 5.74) is 4.89. The van der Waals surface area contributed by atoms with E-state index < -0.39 is 11.7 Å². The quantitative estimate of drug-likeness (QED) is 0.334. The first-order valence-electron chi connectivity index (χ1n) is 5.69. The molecule has 0 amide bonds. The van der Waals surface area contributed by atoms with Crippen LogP contribution in [0.25, 0.3) is 0 Å². The van der Waals surface area contributed by atoms with Gasteiger partial charge in [0.05, 0.1) is 5.56 Å². The van der Waals surface area contributed by atoms with Crippen molar-refractivity contribution in [2.45, 2.75) is 19.6 Å². The van der Waals surface area contributed by atoms with Crippen LogP contribution < -0.4 is 11.1 Å². The van der Waals surface area contributed by atoms with E-state index >= 15 is 0 Å². The molecule has 0 aliphatic heterocycles. The fourth-order valence-corrected chi connectivity index (χ4v) is 1.58. The van der Waals surface area contributed by atoms with Crippen molar-refractivity contribution >= 4 is 5.84 Å². The molecule has 106 valence electrons. The lowest BCUT2D eigenvalue weighted by atomic mass is 10.1. The summed E-state index contributed by atoms with van der Waals surface area (Å²) in [6, 6.07) is 5.37. The number of hydrogen-bond donors (Lipinski definition) is 3. The van der Waals surface area contributed by atoms with E-state index in [1.165, 1.54) is 12.1 Å². The first kappa shape index (κ1) is 15.3. The summed E-state index contributed by atoms with van der Waals surface area (Å²) in [7, 11) is 0. The first-order chi connectivity index (χ1) is 8.86. The molecule has 4 N–H and O–H groups in total. The third kappa shape index (κ3) is 4.44. The minimum absolute atomic E-state index is 0.0385. The van der Waals surface area contributed by atoms with Crippen LogP contribution in [-0.2, 0) is 12.7 Å². The third-order valence-electron chi connectivity index (χ3n) is 2.71. The number of alkyl halides is 3. The van der Waals surface area contributed by atoms with Crippen molar-refractivity contribution in [3.05, 3.63) is 35.4 Å². The molecule has 1 aromatic rings. The highest BCUT2D eigenvalue weighted by Gasteiger charge is 2.32. The number of benzene rings is 1. The van der Waals surface area contributed by atoms with E-state index in [9.17, 15) is 13.2 Å². The summed E-state index contributed by atoms with van der Waals surface area (Å²) < 4.78 is 38.2. The van der Waals surface area contributed by atoms with Crippen molar-refractivity contribution in [3.63, 3.8) is 0 Å². The fourth-order valence-electron chi connectivity index (χ4n) is 1.58. The van der Waals surface area contributed by atoms with Crippen molar-refractivity contribution in [3.8, 4) is 0 Å². The normalized spacial score (nSPS) is 14.4. The van der Waals surface area contributed by atoms with Gasteiger partial charge in [0, 0.05) is 19.0 Å². The van der Waals surface area contributed by atoms with Gasteiger partial charge in [-0.2, -0.15) is 13.2 Å². The Kier molecular flexibility index (Phi) is 5.17. The zero-order chi connectivity index (χ0) is 14.5. The number of nitrogens with one attached hydrogen (secondary N) is 1. The molecule has 0 bridgehead atoms. The van der Waals surface area contributed by atoms with Crippen LogP contribution in [0.15, 0.2) is 29.4 Å². The molecule has 0 fully saturated rings. The molecule has 1 rings (SSSR count). The monoisotopic (exact) mass is 275 g/mol. The molecular weight excluding hydrogens is 259 g/mol. The lowest BCUT2D eigenvalue weighted by Crippen LogP contribution is -2.31. The zero-order valence-corrected chi connectivity index (χ0v) is 10.4. The van der Waals surface area contributed by atoms with Crippen LogP contribution in [0.5, 0.6) is 0 Å². The van der Waals surface area contributed by atoms with Crippen LogP contribution in [0.3, 0.4) is 0 Å². The Bertz CT molecular complexity index is 446. The number of oxime groups is 1. The van der Waals surface area contributed by atoms with Gasteiger partial charge in [-0.1, -0.05) is 30.3 Å². The molecule has 1 aromatic carbocycles. The Hall–Kier alpha value is -1.76. The summed E-state index contributed by atoms with van der Waals surface area (Å²) in [5, 5.41) is 14.2. The van der Waals surface area contributed by atoms with E-state index in [2.05, 4.69) is 10.5 Å². The summed E-state index contributed by atoms with van der Waals surface area (Å²) in [6.07, 6.45) is -4.37. The van der Waals surface area contributed by atoms with Gasteiger partial charge in [0.15, 0.2) is 0 Å². The van der Waals surface area contributed by atoms with Gasteiger partial charge in [-0.3, -0.25) is 0 Å². The molecule has 0 radical (unpaired) electrons. The topological polar surface area (TPSA) is 70.6 Å². The van der Waals surface area contributed by atoms with Gasteiger partial charge in [-0.05, 0) is 11.6 Å². The SMILES string of the molecule is CC(CNCc1ccccc1C(F)(F)F)C(N)=NO. The first-order valence-corrected chi connectivity index (χ1v) is 5.69. The van der Waals surface area contributed by atoms with Crippen molar-refractivity contribution in [1.82, 2.24) is 5.32 Å². The highest BCUT2D eigenvalue weighted by Crippen LogP contribution is 2.31. The van der Waals surface area contributed by atoms with Crippen molar-refractivity contribution in [1.29, 1.82) is 0 Å². The van der Waals surface area contributed by atoms with E-state index in [4.69, 9.17) is 10.9 Å². The van der Waals surface area contributed by atoms with Gasteiger partial charge in [0.25, 0.3) is 0 Å². The van der Waals surface area contributed by atoms with Crippen molar-refractivity contribution in [2.75, 3.05) is 6.54 Å². The highest BCUT2D eigenvalue weighted by molar-refractivity contribution is 5.82. The number of rotatable bonds is 5. The molecule has 0 spiro atoms. The van der Waals surface area contributed by atoms with E-state index in [1.54, 1.807) is 13.0 Å². The van der Waals surface area contributed by atoms with Crippen molar-refractivity contribution in [2.24, 2.45) is 16.8 Å². The number of hydrogen-bond acceptors (Lipinski definition) is 3. The number of amidine groups is 1. The van der Waals surface area contributed by atoms with Crippen LogP contribution in [-0.4, -0.2) is 17.6 Å². The Morgan fingerprint density at radius 2 is 2.05 bits per heavy atom. The van der Waals surface area contributed by atoms with Crippen LogP contribution in [0.4, 0.5) is 13.2 Å². The molecule has 0 aliphatic rings. The number of nitrogens with zero attached hydrogens (tertiary/aromatic N) is 1. The Balaban J connectivity index is 2.64. The third-order valence-corrected chi connectivity index (χ3v) is 2.71. The second kappa shape index (κ2) is 6.42. The molecule has 1 atom stereocenters. The zero-order valence-electron chi connectivity index (χ0n) is 10.4. The van der Waals surface area contributed by atoms with Gasteiger partial charge in [-0.25, -0.2) is 0 Å². The minimum Gasteiger partial charge on any atom is -0.409 e. The van der Waals surface area contributed by atoms with Gasteiger partial charge < -0.3 is 16.3 Å². The molecule has 0 saturated heterocycles. The van der Waals surface area contributed by atoms with E-state index in [1.807, 2.05) is 0 Å². The van der Waals surface area contributed by atoms with E-state index in [-0.39, 0.29) is 23.9 Å². The van der Waals surface area contributed by atoms with Gasteiger partial charge >= 0.3 is 6.18 Å². The average Bonchev–Trinajstić information content (AvgIpc) is 2.37. The summed E-state index contributed by atoms with van der Waals surface area (Å²) in [5.74, 6) is -0.223. The lowest BCUT2D eigenvalue weighted by Gasteiger charge is -2.15. The van der Waals surface area contributed by atoms with Crippen LogP contribution >= 0.6 is 0 Å².